The van der Waals surface area contributed by atoms with Crippen molar-refractivity contribution in [3.8, 4) is 5.75 Å². The van der Waals surface area contributed by atoms with Crippen molar-refractivity contribution in [3.05, 3.63) is 66.2 Å². The molecule has 0 saturated heterocycles. The summed E-state index contributed by atoms with van der Waals surface area (Å²) in [5.41, 5.74) is 2.75. The molecule has 2 aromatic rings. The maximum Gasteiger partial charge on any atom is 0.248 e. The zero-order chi connectivity index (χ0) is 21.6. The van der Waals surface area contributed by atoms with E-state index in [4.69, 9.17) is 4.74 Å². The van der Waals surface area contributed by atoms with Gasteiger partial charge in [0, 0.05) is 11.8 Å². The molecule has 1 amide bonds. The molecule has 29 heavy (non-hydrogen) atoms. The van der Waals surface area contributed by atoms with Gasteiger partial charge in [-0.25, -0.2) is 8.42 Å². The Labute approximate surface area is 173 Å². The Morgan fingerprint density at radius 2 is 1.97 bits per heavy atom. The van der Waals surface area contributed by atoms with Crippen LogP contribution in [-0.4, -0.2) is 33.2 Å². The number of amides is 1. The van der Waals surface area contributed by atoms with Gasteiger partial charge < -0.3 is 10.1 Å². The normalized spacial score (nSPS) is 12.1. The molecule has 1 N–H and O–H groups in total. The van der Waals surface area contributed by atoms with Gasteiger partial charge in [-0.3, -0.25) is 9.10 Å². The molecule has 156 valence electrons. The molecule has 2 aromatic carbocycles. The standard InChI is InChI=1S/C22H28N2O4S/c1-6-13-28-19-10-8-9-18(15-19)23-22(25)20(7-2)24(29(5,26)27)21-14-16(3)11-12-17(21)4/h6,8-12,14-15,20H,1,7,13H2,2-5H3,(H,23,25). The molecule has 0 aliphatic heterocycles. The molecule has 0 radical (unpaired) electrons. The van der Waals surface area contributed by atoms with Crippen LogP contribution in [0.15, 0.2) is 55.1 Å². The Balaban J connectivity index is 2.36. The summed E-state index contributed by atoms with van der Waals surface area (Å²) in [5.74, 6) is 0.185. The Hall–Kier alpha value is -2.80. The van der Waals surface area contributed by atoms with Crippen molar-refractivity contribution >= 4 is 27.3 Å². The molecule has 1 unspecified atom stereocenters. The van der Waals surface area contributed by atoms with Crippen molar-refractivity contribution in [2.45, 2.75) is 33.2 Å². The van der Waals surface area contributed by atoms with Crippen LogP contribution in [0, 0.1) is 13.8 Å². The van der Waals surface area contributed by atoms with E-state index in [0.717, 1.165) is 17.4 Å². The van der Waals surface area contributed by atoms with E-state index in [-0.39, 0.29) is 0 Å². The van der Waals surface area contributed by atoms with E-state index < -0.39 is 22.0 Å². The highest BCUT2D eigenvalue weighted by atomic mass is 32.2. The number of carbonyl (C=O) groups excluding carboxylic acids is 1. The number of nitrogens with one attached hydrogen (secondary N) is 1. The van der Waals surface area contributed by atoms with Crippen LogP contribution < -0.4 is 14.4 Å². The molecule has 0 fully saturated rings. The van der Waals surface area contributed by atoms with E-state index in [9.17, 15) is 13.2 Å². The lowest BCUT2D eigenvalue weighted by Gasteiger charge is -2.31. The number of ether oxygens (including phenoxy) is 1. The van der Waals surface area contributed by atoms with Crippen LogP contribution in [0.3, 0.4) is 0 Å². The second kappa shape index (κ2) is 9.60. The van der Waals surface area contributed by atoms with Crippen molar-refractivity contribution in [1.29, 1.82) is 0 Å². The van der Waals surface area contributed by atoms with E-state index in [1.54, 1.807) is 43.3 Å². The van der Waals surface area contributed by atoms with E-state index in [1.807, 2.05) is 26.0 Å². The first kappa shape index (κ1) is 22.5. The zero-order valence-corrected chi connectivity index (χ0v) is 18.1. The summed E-state index contributed by atoms with van der Waals surface area (Å²) in [4.78, 5) is 13.1. The number of rotatable bonds is 9. The van der Waals surface area contributed by atoms with E-state index in [0.29, 0.717) is 30.2 Å². The van der Waals surface area contributed by atoms with Gasteiger partial charge >= 0.3 is 0 Å². The highest BCUT2D eigenvalue weighted by Gasteiger charge is 2.32. The van der Waals surface area contributed by atoms with Crippen LogP contribution >= 0.6 is 0 Å². The van der Waals surface area contributed by atoms with Gasteiger partial charge in [-0.1, -0.05) is 37.8 Å². The number of nitrogens with zero attached hydrogens (tertiary/aromatic N) is 1. The molecule has 2 rings (SSSR count). The van der Waals surface area contributed by atoms with E-state index in [1.165, 1.54) is 4.31 Å². The first-order chi connectivity index (χ1) is 13.7. The predicted molar refractivity (Wildman–Crippen MR) is 118 cm³/mol. The topological polar surface area (TPSA) is 75.7 Å². The lowest BCUT2D eigenvalue weighted by atomic mass is 10.1. The predicted octanol–water partition coefficient (Wildman–Crippen LogP) is 4.05. The Bertz CT molecular complexity index is 986. The minimum atomic E-state index is -3.69. The first-order valence-corrected chi connectivity index (χ1v) is 11.2. The molecule has 1 atom stereocenters. The molecule has 6 nitrogen and oxygen atoms in total. The molecule has 0 heterocycles. The van der Waals surface area contributed by atoms with Crippen molar-refractivity contribution in [2.24, 2.45) is 0 Å². The zero-order valence-electron chi connectivity index (χ0n) is 17.3. The second-order valence-corrected chi connectivity index (χ2v) is 8.75. The maximum absolute atomic E-state index is 13.1. The van der Waals surface area contributed by atoms with Crippen molar-refractivity contribution < 1.29 is 17.9 Å². The van der Waals surface area contributed by atoms with Crippen LogP contribution in [-0.2, 0) is 14.8 Å². The van der Waals surface area contributed by atoms with E-state index in [2.05, 4.69) is 11.9 Å². The third-order valence-electron chi connectivity index (χ3n) is 4.40. The minimum absolute atomic E-state index is 0.318. The van der Waals surface area contributed by atoms with Crippen LogP contribution in [0.25, 0.3) is 0 Å². The quantitative estimate of drug-likeness (QED) is 0.626. The van der Waals surface area contributed by atoms with Crippen molar-refractivity contribution in [3.63, 3.8) is 0 Å². The smallest absolute Gasteiger partial charge is 0.248 e. The Morgan fingerprint density at radius 1 is 1.24 bits per heavy atom. The molecule has 0 aliphatic rings. The number of hydrogen-bond donors (Lipinski definition) is 1. The summed E-state index contributed by atoms with van der Waals surface area (Å²) in [6.45, 7) is 9.47. The van der Waals surface area contributed by atoms with Crippen LogP contribution in [0.5, 0.6) is 5.75 Å². The SMILES string of the molecule is C=CCOc1cccc(NC(=O)C(CC)N(c2cc(C)ccc2C)S(C)(=O)=O)c1. The fourth-order valence-corrected chi connectivity index (χ4v) is 4.30. The van der Waals surface area contributed by atoms with Crippen LogP contribution in [0.4, 0.5) is 11.4 Å². The van der Waals surface area contributed by atoms with Gasteiger partial charge in [0.1, 0.15) is 18.4 Å². The third kappa shape index (κ3) is 5.84. The number of hydrogen-bond acceptors (Lipinski definition) is 4. The molecule has 0 spiro atoms. The maximum atomic E-state index is 13.1. The van der Waals surface area contributed by atoms with Gasteiger partial charge in [-0.2, -0.15) is 0 Å². The van der Waals surface area contributed by atoms with Gasteiger partial charge in [-0.05, 0) is 49.6 Å². The summed E-state index contributed by atoms with van der Waals surface area (Å²) in [6, 6.07) is 11.6. The number of anilines is 2. The van der Waals surface area contributed by atoms with Crippen molar-refractivity contribution in [2.75, 3.05) is 22.5 Å². The largest absolute Gasteiger partial charge is 0.489 e. The molecule has 0 aromatic heterocycles. The van der Waals surface area contributed by atoms with Gasteiger partial charge in [-0.15, -0.1) is 0 Å². The van der Waals surface area contributed by atoms with Crippen LogP contribution in [0.1, 0.15) is 24.5 Å². The lowest BCUT2D eigenvalue weighted by Crippen LogP contribution is -2.47. The van der Waals surface area contributed by atoms with Crippen LogP contribution in [0.2, 0.25) is 0 Å². The molecule has 7 heteroatoms. The molecular weight excluding hydrogens is 388 g/mol. The van der Waals surface area contributed by atoms with Gasteiger partial charge in [0.25, 0.3) is 0 Å². The number of sulfonamides is 1. The summed E-state index contributed by atoms with van der Waals surface area (Å²) in [6.07, 6.45) is 3.07. The molecule has 0 aliphatic carbocycles. The summed E-state index contributed by atoms with van der Waals surface area (Å²) >= 11 is 0. The highest BCUT2D eigenvalue weighted by molar-refractivity contribution is 7.92. The number of carbonyl (C=O) groups is 1. The lowest BCUT2D eigenvalue weighted by molar-refractivity contribution is -0.117. The number of benzene rings is 2. The molecular formula is C22H28N2O4S. The summed E-state index contributed by atoms with van der Waals surface area (Å²) in [7, 11) is -3.69. The average molecular weight is 417 g/mol. The fourth-order valence-electron chi connectivity index (χ4n) is 3.04. The van der Waals surface area contributed by atoms with Crippen molar-refractivity contribution in [1.82, 2.24) is 0 Å². The number of aryl methyl sites for hydroxylation is 2. The fraction of sp³-hybridized carbons (Fsp3) is 0.318. The minimum Gasteiger partial charge on any atom is -0.489 e. The molecule has 0 saturated carbocycles. The highest BCUT2D eigenvalue weighted by Crippen LogP contribution is 2.28. The van der Waals surface area contributed by atoms with E-state index >= 15 is 0 Å². The van der Waals surface area contributed by atoms with Gasteiger partial charge in [0.05, 0.1) is 11.9 Å². The first-order valence-electron chi connectivity index (χ1n) is 9.38. The van der Waals surface area contributed by atoms with Gasteiger partial charge in [0.2, 0.25) is 15.9 Å². The summed E-state index contributed by atoms with van der Waals surface area (Å²) < 4.78 is 32.0. The van der Waals surface area contributed by atoms with Gasteiger partial charge in [0.15, 0.2) is 0 Å². The Kier molecular flexibility index (Phi) is 7.45. The monoisotopic (exact) mass is 416 g/mol. The second-order valence-electron chi connectivity index (χ2n) is 6.89. The summed E-state index contributed by atoms with van der Waals surface area (Å²) in [5, 5.41) is 2.82. The third-order valence-corrected chi connectivity index (χ3v) is 5.57. The average Bonchev–Trinajstić information content (AvgIpc) is 2.65. The Morgan fingerprint density at radius 3 is 2.59 bits per heavy atom. The molecule has 0 bridgehead atoms.